The summed E-state index contributed by atoms with van der Waals surface area (Å²) in [5.41, 5.74) is 46.2. The summed E-state index contributed by atoms with van der Waals surface area (Å²) in [6.07, 6.45) is 0. The average molecular weight is 1870 g/mol. The molecule has 0 unspecified atom stereocenters. The van der Waals surface area contributed by atoms with Gasteiger partial charge in [-0.25, -0.2) is 44.9 Å². The molecule has 0 saturated carbocycles. The summed E-state index contributed by atoms with van der Waals surface area (Å²) in [5, 5.41) is 0. The molecular formula is C137H99N9. The van der Waals surface area contributed by atoms with Crippen molar-refractivity contribution in [3.05, 3.63) is 544 Å². The van der Waals surface area contributed by atoms with Gasteiger partial charge < -0.3 is 0 Å². The lowest BCUT2D eigenvalue weighted by Gasteiger charge is -2.34. The average Bonchev–Trinajstić information content (AvgIpc) is 1.51. The van der Waals surface area contributed by atoms with E-state index in [0.29, 0.717) is 52.4 Å². The first-order valence-electron chi connectivity index (χ1n) is 50.6. The van der Waals surface area contributed by atoms with Crippen molar-refractivity contribution in [1.82, 2.24) is 44.9 Å². The number of hydrogen-bond donors (Lipinski definition) is 0. The molecule has 0 radical (unpaired) electrons. The summed E-state index contributed by atoms with van der Waals surface area (Å²) < 4.78 is 0. The van der Waals surface area contributed by atoms with Crippen LogP contribution < -0.4 is 0 Å². The van der Waals surface area contributed by atoms with Crippen molar-refractivity contribution in [1.29, 1.82) is 0 Å². The lowest BCUT2D eigenvalue weighted by molar-refractivity contribution is 0.660. The zero-order valence-electron chi connectivity index (χ0n) is 82.3. The maximum absolute atomic E-state index is 5.28. The van der Waals surface area contributed by atoms with Crippen LogP contribution in [0.3, 0.4) is 0 Å². The normalized spacial score (nSPS) is 14.6. The largest absolute Gasteiger partial charge is 0.208 e. The molecule has 146 heavy (non-hydrogen) atoms. The van der Waals surface area contributed by atoms with Gasteiger partial charge in [0.15, 0.2) is 52.4 Å². The van der Waals surface area contributed by atoms with Crippen LogP contribution in [-0.4, -0.2) is 44.9 Å². The first kappa shape index (κ1) is 87.2. The molecule has 692 valence electrons. The van der Waals surface area contributed by atoms with Crippen LogP contribution in [0.25, 0.3) is 180 Å². The zero-order chi connectivity index (χ0) is 98.1. The molecule has 9 heteroatoms. The van der Waals surface area contributed by atoms with Gasteiger partial charge >= 0.3 is 0 Å². The minimum absolute atomic E-state index is 0.0966. The lowest BCUT2D eigenvalue weighted by atomic mass is 9.67. The fourth-order valence-corrected chi connectivity index (χ4v) is 25.2. The summed E-state index contributed by atoms with van der Waals surface area (Å²) in [7, 11) is 0. The van der Waals surface area contributed by atoms with Crippen LogP contribution in [0.4, 0.5) is 0 Å². The number of aromatic nitrogens is 9. The van der Waals surface area contributed by atoms with Crippen LogP contribution in [-0.2, 0) is 32.5 Å². The van der Waals surface area contributed by atoms with Crippen molar-refractivity contribution in [3.8, 4) is 180 Å². The first-order chi connectivity index (χ1) is 71.4. The van der Waals surface area contributed by atoms with Crippen molar-refractivity contribution in [2.75, 3.05) is 0 Å². The third-order valence-electron chi connectivity index (χ3n) is 32.3. The van der Waals surface area contributed by atoms with Crippen LogP contribution in [0.1, 0.15) is 144 Å². The van der Waals surface area contributed by atoms with E-state index in [1.54, 1.807) is 0 Å². The Kier molecular flexibility index (Phi) is 20.0. The molecule has 0 saturated heterocycles. The molecule has 9 nitrogen and oxygen atoms in total. The molecule has 0 atom stereocenters. The maximum Gasteiger partial charge on any atom is 0.164 e. The van der Waals surface area contributed by atoms with E-state index in [2.05, 4.69) is 456 Å². The highest BCUT2D eigenvalue weighted by Gasteiger charge is 2.53. The Bertz CT molecular complexity index is 8590. The Labute approximate surface area is 851 Å². The van der Waals surface area contributed by atoms with E-state index < -0.39 is 10.8 Å². The summed E-state index contributed by atoms with van der Waals surface area (Å²) in [6.45, 7) is 18.5. The van der Waals surface area contributed by atoms with Crippen molar-refractivity contribution < 1.29 is 0 Å². The Morgan fingerprint density at radius 1 is 0.116 bits per heavy atom. The van der Waals surface area contributed by atoms with Crippen LogP contribution in [0.15, 0.2) is 455 Å². The van der Waals surface area contributed by atoms with Crippen LogP contribution in [0.5, 0.6) is 0 Å². The lowest BCUT2D eigenvalue weighted by Crippen LogP contribution is -2.28. The zero-order valence-corrected chi connectivity index (χ0v) is 82.3. The number of rotatable bonds is 11. The van der Waals surface area contributed by atoms with Crippen LogP contribution in [0.2, 0.25) is 0 Å². The Hall–Kier alpha value is -17.8. The summed E-state index contributed by atoms with van der Waals surface area (Å²) in [6, 6.07) is 163. The molecule has 1 spiro atoms. The molecule has 3 aromatic heterocycles. The second-order valence-electron chi connectivity index (χ2n) is 41.7. The van der Waals surface area contributed by atoms with Gasteiger partial charge in [0.2, 0.25) is 0 Å². The second kappa shape index (κ2) is 33.4. The highest BCUT2D eigenvalue weighted by Crippen LogP contribution is 2.65. The van der Waals surface area contributed by atoms with Crippen molar-refractivity contribution in [3.63, 3.8) is 0 Å². The maximum atomic E-state index is 5.28. The summed E-state index contributed by atoms with van der Waals surface area (Å²) in [5.74, 6) is 6.05. The third kappa shape index (κ3) is 13.4. The third-order valence-corrected chi connectivity index (χ3v) is 32.3. The SMILES string of the molecule is CC1(C)c2ccccc2-c2ccc(-c3nc(-c4ccccc4)nc(-c4ccc5c(c4)C(C)(C)c4ccccc4-5)n3)cc21.CC1(C)c2ccccc2-c2ccc(-c3nc(-c4ccccc4)nc(-c4ccc5c(c4)C(c4ccccc4)(c4ccccc4)c4ccccc4-5)n3)cc21.CC1(C)c2ccccc2-c2ccc(-c3nc(-c4ccccc4)nc(-c4ccc5c(c4)C4(c6ccccc6-c6ccccc64)c4ccccc4-5)n3)cc21. The van der Waals surface area contributed by atoms with Gasteiger partial charge in [0.25, 0.3) is 0 Å². The molecule has 29 rings (SSSR count). The topological polar surface area (TPSA) is 116 Å². The number of hydrogen-bond acceptors (Lipinski definition) is 9. The Morgan fingerprint density at radius 3 is 0.493 bits per heavy atom. The van der Waals surface area contributed by atoms with E-state index in [9.17, 15) is 0 Å². The predicted octanol–water partition coefficient (Wildman–Crippen LogP) is 32.5. The van der Waals surface area contributed by atoms with Gasteiger partial charge in [-0.15, -0.1) is 0 Å². The molecule has 7 aliphatic rings. The van der Waals surface area contributed by atoms with E-state index in [1.165, 1.54) is 167 Å². The van der Waals surface area contributed by atoms with Crippen LogP contribution in [0, 0.1) is 0 Å². The second-order valence-corrected chi connectivity index (χ2v) is 41.7. The fourth-order valence-electron chi connectivity index (χ4n) is 25.2. The summed E-state index contributed by atoms with van der Waals surface area (Å²) in [4.78, 5) is 46.4. The molecule has 0 N–H and O–H groups in total. The van der Waals surface area contributed by atoms with Gasteiger partial charge in [0.05, 0.1) is 10.8 Å². The first-order valence-corrected chi connectivity index (χ1v) is 50.6. The number of fused-ring (bicyclic) bond motifs is 25. The molecular weight excluding hydrogens is 1770 g/mol. The monoisotopic (exact) mass is 1870 g/mol. The van der Waals surface area contributed by atoms with E-state index in [1.807, 2.05) is 54.6 Å². The van der Waals surface area contributed by atoms with Gasteiger partial charge in [0, 0.05) is 71.7 Å². The van der Waals surface area contributed by atoms with Crippen molar-refractivity contribution in [2.24, 2.45) is 0 Å². The molecule has 19 aromatic carbocycles. The highest BCUT2D eigenvalue weighted by molar-refractivity contribution is 5.98. The van der Waals surface area contributed by atoms with E-state index in [0.717, 1.165) is 50.1 Å². The molecule has 0 fully saturated rings. The molecule has 0 amide bonds. The smallest absolute Gasteiger partial charge is 0.164 e. The van der Waals surface area contributed by atoms with Gasteiger partial charge in [-0.2, -0.15) is 0 Å². The highest BCUT2D eigenvalue weighted by atomic mass is 15.1. The standard InChI is InChI=1S/C49H33N3.C49H35N3.C39H31N3/c1-48(2)39-20-10-6-16-33(39)37-26-24-31(28-43(37)48)46-50-45(30-14-4-3-5-15-30)51-47(52-46)32-25-27-38-36-19-9-13-23-42(36)49(44(38)29-32)40-21-11-7-17-34(40)35-18-8-12-22-41(35)49;1-48(2)41-24-14-12-22-37(41)39-28-26-33(30-43(39)48)46-50-45(32-16-6-3-7-17-32)51-47(52-46)34-27-29-40-38-23-13-15-25-42(38)49(44(40)31-34,35-18-8-4-9-19-35)36-20-10-5-11-21-36;1-38(2)31-16-10-8-14-27(31)29-20-18-25(22-33(29)38)36-40-35(24-12-6-5-7-13-24)41-37(42-36)26-19-21-30-28-15-9-11-17-32(28)39(3,4)34(30)23-26/h3-29H,1-2H3;3-31H,1-2H3;5-23H,1-4H3. The molecule has 7 aliphatic carbocycles. The van der Waals surface area contributed by atoms with Gasteiger partial charge in [-0.1, -0.05) is 474 Å². The fraction of sp³-hybridized carbons (Fsp3) is 0.102. The van der Waals surface area contributed by atoms with E-state index in [4.69, 9.17) is 44.9 Å². The van der Waals surface area contributed by atoms with Gasteiger partial charge in [0.1, 0.15) is 0 Å². The van der Waals surface area contributed by atoms with Crippen molar-refractivity contribution >= 4 is 0 Å². The van der Waals surface area contributed by atoms with Crippen molar-refractivity contribution in [2.45, 2.75) is 87.9 Å². The summed E-state index contributed by atoms with van der Waals surface area (Å²) >= 11 is 0. The van der Waals surface area contributed by atoms with Crippen LogP contribution >= 0.6 is 0 Å². The van der Waals surface area contributed by atoms with Gasteiger partial charge in [-0.3, -0.25) is 0 Å². The van der Waals surface area contributed by atoms with E-state index >= 15 is 0 Å². The molecule has 0 bridgehead atoms. The predicted molar refractivity (Wildman–Crippen MR) is 592 cm³/mol. The number of nitrogens with zero attached hydrogens (tertiary/aromatic N) is 9. The molecule has 22 aromatic rings. The minimum Gasteiger partial charge on any atom is -0.208 e. The van der Waals surface area contributed by atoms with E-state index in [-0.39, 0.29) is 21.7 Å². The quantitative estimate of drug-likeness (QED) is 0.125. The Balaban J connectivity index is 0.000000109. The molecule has 3 heterocycles. The Morgan fingerprint density at radius 2 is 0.267 bits per heavy atom. The van der Waals surface area contributed by atoms with Gasteiger partial charge in [-0.05, 0) is 203 Å². The molecule has 0 aliphatic heterocycles. The minimum atomic E-state index is -0.511. The number of benzene rings is 19.